The van der Waals surface area contributed by atoms with Crippen LogP contribution in [0, 0.1) is 13.8 Å². The molecule has 0 saturated heterocycles. The number of carbonyl (C=O) groups is 2. The molecule has 0 heterocycles. The van der Waals surface area contributed by atoms with Crippen LogP contribution in [-0.2, 0) is 26.2 Å². The average Bonchev–Trinajstić information content (AvgIpc) is 2.93. The van der Waals surface area contributed by atoms with Gasteiger partial charge in [0.1, 0.15) is 12.6 Å². The largest absolute Gasteiger partial charge is 0.352 e. The molecule has 0 spiro atoms. The number of hydrogen-bond donors (Lipinski definition) is 1. The first-order chi connectivity index (χ1) is 19.4. The van der Waals surface area contributed by atoms with Gasteiger partial charge in [-0.25, -0.2) is 8.42 Å². The van der Waals surface area contributed by atoms with E-state index < -0.39 is 28.5 Å². The fraction of sp³-hybridized carbons (Fsp3) is 0.355. The van der Waals surface area contributed by atoms with Crippen LogP contribution in [-0.4, -0.2) is 43.8 Å². The molecule has 10 heteroatoms. The van der Waals surface area contributed by atoms with E-state index in [-0.39, 0.29) is 23.4 Å². The number of anilines is 1. The van der Waals surface area contributed by atoms with E-state index in [2.05, 4.69) is 5.32 Å². The van der Waals surface area contributed by atoms with Crippen molar-refractivity contribution in [2.45, 2.75) is 71.0 Å². The number of benzene rings is 3. The number of nitrogens with zero attached hydrogens (tertiary/aromatic N) is 2. The van der Waals surface area contributed by atoms with E-state index in [9.17, 15) is 18.0 Å². The Morgan fingerprint density at radius 1 is 0.927 bits per heavy atom. The van der Waals surface area contributed by atoms with Crippen LogP contribution in [0.25, 0.3) is 0 Å². The van der Waals surface area contributed by atoms with E-state index in [1.54, 1.807) is 61.5 Å². The second-order valence-electron chi connectivity index (χ2n) is 10.1. The van der Waals surface area contributed by atoms with Gasteiger partial charge in [0.25, 0.3) is 10.0 Å². The first-order valence-corrected chi connectivity index (χ1v) is 15.8. The van der Waals surface area contributed by atoms with Crippen LogP contribution in [0.15, 0.2) is 71.6 Å². The number of para-hydroxylation sites is 1. The molecule has 0 aliphatic heterocycles. The Bertz CT molecular complexity index is 1480. The number of rotatable bonds is 12. The summed E-state index contributed by atoms with van der Waals surface area (Å²) >= 11 is 12.6. The van der Waals surface area contributed by atoms with E-state index in [1.807, 2.05) is 27.7 Å². The van der Waals surface area contributed by atoms with Crippen molar-refractivity contribution in [2.75, 3.05) is 10.8 Å². The van der Waals surface area contributed by atoms with Crippen LogP contribution >= 0.6 is 23.2 Å². The van der Waals surface area contributed by atoms with Gasteiger partial charge in [0, 0.05) is 22.6 Å². The zero-order valence-electron chi connectivity index (χ0n) is 24.0. The molecule has 0 aliphatic carbocycles. The van der Waals surface area contributed by atoms with Gasteiger partial charge in [-0.2, -0.15) is 0 Å². The summed E-state index contributed by atoms with van der Waals surface area (Å²) < 4.78 is 29.1. The lowest BCUT2D eigenvalue weighted by Gasteiger charge is -2.34. The Morgan fingerprint density at radius 3 is 2.17 bits per heavy atom. The average molecular weight is 619 g/mol. The lowest BCUT2D eigenvalue weighted by atomic mass is 10.1. The third-order valence-electron chi connectivity index (χ3n) is 7.01. The van der Waals surface area contributed by atoms with Crippen molar-refractivity contribution in [3.63, 3.8) is 0 Å². The molecule has 1 N–H and O–H groups in total. The number of halogens is 2. The van der Waals surface area contributed by atoms with Crippen LogP contribution < -0.4 is 9.62 Å². The Hall–Kier alpha value is -3.07. The van der Waals surface area contributed by atoms with Gasteiger partial charge in [0.2, 0.25) is 11.8 Å². The van der Waals surface area contributed by atoms with Gasteiger partial charge in [-0.15, -0.1) is 0 Å². The van der Waals surface area contributed by atoms with Crippen LogP contribution in [0.1, 0.15) is 50.3 Å². The van der Waals surface area contributed by atoms with Gasteiger partial charge in [-0.3, -0.25) is 13.9 Å². The number of amides is 2. The minimum atomic E-state index is -4.14. The summed E-state index contributed by atoms with van der Waals surface area (Å²) in [6, 6.07) is 17.4. The molecule has 0 unspecified atom stereocenters. The van der Waals surface area contributed by atoms with Crippen LogP contribution in [0.2, 0.25) is 10.0 Å². The predicted molar refractivity (Wildman–Crippen MR) is 166 cm³/mol. The summed E-state index contributed by atoms with van der Waals surface area (Å²) in [6.07, 6.45) is 1.03. The van der Waals surface area contributed by atoms with E-state index in [1.165, 1.54) is 17.0 Å². The topological polar surface area (TPSA) is 86.8 Å². The summed E-state index contributed by atoms with van der Waals surface area (Å²) in [4.78, 5) is 29.0. The summed E-state index contributed by atoms with van der Waals surface area (Å²) in [5.41, 5.74) is 2.56. The van der Waals surface area contributed by atoms with Gasteiger partial charge in [-0.05, 0) is 75.1 Å². The summed E-state index contributed by atoms with van der Waals surface area (Å²) in [5.74, 6) is -0.856. The Kier molecular flexibility index (Phi) is 11.2. The number of hydrogen-bond acceptors (Lipinski definition) is 4. The molecule has 0 bridgehead atoms. The highest BCUT2D eigenvalue weighted by Gasteiger charge is 2.34. The van der Waals surface area contributed by atoms with Crippen molar-refractivity contribution in [3.05, 3.63) is 93.5 Å². The lowest BCUT2D eigenvalue weighted by Crippen LogP contribution is -2.53. The fourth-order valence-corrected chi connectivity index (χ4v) is 6.34. The maximum absolute atomic E-state index is 14.2. The molecule has 2 atom stereocenters. The fourth-order valence-electron chi connectivity index (χ4n) is 4.39. The highest BCUT2D eigenvalue weighted by molar-refractivity contribution is 7.92. The molecular formula is C31H37Cl2N3O4S. The van der Waals surface area contributed by atoms with Crippen LogP contribution in [0.4, 0.5) is 5.69 Å². The molecule has 220 valence electrons. The Morgan fingerprint density at radius 2 is 1.59 bits per heavy atom. The zero-order chi connectivity index (χ0) is 30.3. The molecule has 0 aromatic heterocycles. The molecule has 0 saturated carbocycles. The summed E-state index contributed by atoms with van der Waals surface area (Å²) in [7, 11) is -4.14. The summed E-state index contributed by atoms with van der Waals surface area (Å²) in [6.45, 7) is 8.80. The van der Waals surface area contributed by atoms with Crippen molar-refractivity contribution in [2.24, 2.45) is 0 Å². The molecule has 0 aliphatic rings. The molecule has 3 aromatic rings. The highest BCUT2D eigenvalue weighted by atomic mass is 35.5. The minimum absolute atomic E-state index is 0.00649. The second-order valence-corrected chi connectivity index (χ2v) is 12.8. The van der Waals surface area contributed by atoms with Crippen molar-refractivity contribution in [1.29, 1.82) is 0 Å². The molecule has 2 amide bonds. The molecule has 0 radical (unpaired) electrons. The molecule has 3 aromatic carbocycles. The SMILES string of the molecule is CC[C@@H](C)NC(=O)[C@H](CC)N(Cc1ccc(Cl)cc1Cl)C(=O)CN(c1ccccc1C)S(=O)(=O)c1ccc(C)cc1. The van der Waals surface area contributed by atoms with E-state index >= 15 is 0 Å². The van der Waals surface area contributed by atoms with Gasteiger partial charge in [-0.1, -0.05) is 79.0 Å². The number of aryl methyl sites for hydroxylation is 2. The van der Waals surface area contributed by atoms with Gasteiger partial charge in [0.05, 0.1) is 10.6 Å². The standard InChI is InChI=1S/C31H37Cl2N3O4S/c1-6-23(5)34-31(38)28(7-2)35(19-24-14-15-25(32)18-27(24)33)30(37)20-36(29-11-9-8-10-22(29)4)41(39,40)26-16-12-21(3)13-17-26/h8-18,23,28H,6-7,19-20H2,1-5H3,(H,34,38)/t23-,28+/m1/s1. The Labute approximate surface area is 253 Å². The molecular weight excluding hydrogens is 581 g/mol. The lowest BCUT2D eigenvalue weighted by molar-refractivity contribution is -0.140. The second kappa shape index (κ2) is 14.2. The van der Waals surface area contributed by atoms with Crippen molar-refractivity contribution < 1.29 is 18.0 Å². The molecule has 3 rings (SSSR count). The van der Waals surface area contributed by atoms with Crippen LogP contribution in [0.5, 0.6) is 0 Å². The molecule has 0 fully saturated rings. The zero-order valence-corrected chi connectivity index (χ0v) is 26.4. The Balaban J connectivity index is 2.09. The van der Waals surface area contributed by atoms with Crippen molar-refractivity contribution in [3.8, 4) is 0 Å². The molecule has 41 heavy (non-hydrogen) atoms. The van der Waals surface area contributed by atoms with Gasteiger partial charge in [0.15, 0.2) is 0 Å². The molecule has 7 nitrogen and oxygen atoms in total. The number of sulfonamides is 1. The van der Waals surface area contributed by atoms with Gasteiger partial charge >= 0.3 is 0 Å². The quantitative estimate of drug-likeness (QED) is 0.250. The number of nitrogens with one attached hydrogen (secondary N) is 1. The first-order valence-electron chi connectivity index (χ1n) is 13.6. The monoisotopic (exact) mass is 617 g/mol. The van der Waals surface area contributed by atoms with Crippen molar-refractivity contribution in [1.82, 2.24) is 10.2 Å². The van der Waals surface area contributed by atoms with Crippen LogP contribution in [0.3, 0.4) is 0 Å². The summed E-state index contributed by atoms with van der Waals surface area (Å²) in [5, 5.41) is 3.74. The smallest absolute Gasteiger partial charge is 0.264 e. The highest BCUT2D eigenvalue weighted by Crippen LogP contribution is 2.29. The predicted octanol–water partition coefficient (Wildman–Crippen LogP) is 6.53. The third kappa shape index (κ3) is 8.03. The van der Waals surface area contributed by atoms with E-state index in [0.29, 0.717) is 33.3 Å². The minimum Gasteiger partial charge on any atom is -0.352 e. The van der Waals surface area contributed by atoms with E-state index in [0.717, 1.165) is 16.3 Å². The normalized spacial score (nSPS) is 12.9. The maximum atomic E-state index is 14.2. The first kappa shape index (κ1) is 32.4. The number of carbonyl (C=O) groups excluding carboxylic acids is 2. The van der Waals surface area contributed by atoms with Gasteiger partial charge < -0.3 is 10.2 Å². The third-order valence-corrected chi connectivity index (χ3v) is 9.38. The maximum Gasteiger partial charge on any atom is 0.264 e. The van der Waals surface area contributed by atoms with E-state index in [4.69, 9.17) is 23.2 Å². The van der Waals surface area contributed by atoms with Crippen molar-refractivity contribution >= 4 is 50.7 Å².